The van der Waals surface area contributed by atoms with Gasteiger partial charge in [0.05, 0.1) is 11.8 Å². The van der Waals surface area contributed by atoms with Crippen molar-refractivity contribution >= 4 is 23.2 Å². The molecule has 1 spiro atoms. The van der Waals surface area contributed by atoms with Crippen LogP contribution in [0.2, 0.25) is 0 Å². The Kier molecular flexibility index (Phi) is 4.62. The second-order valence-electron chi connectivity index (χ2n) is 8.10. The minimum atomic E-state index is -0.404. The van der Waals surface area contributed by atoms with Crippen LogP contribution in [0.15, 0.2) is 35.9 Å². The van der Waals surface area contributed by atoms with E-state index in [1.807, 2.05) is 37.4 Å². The average Bonchev–Trinajstić information content (AvgIpc) is 3.26. The van der Waals surface area contributed by atoms with Gasteiger partial charge >= 0.3 is 0 Å². The van der Waals surface area contributed by atoms with E-state index < -0.39 is 5.41 Å². The number of carbonyl (C=O) groups is 3. The maximum Gasteiger partial charge on any atom is 0.230 e. The third-order valence-electron chi connectivity index (χ3n) is 6.41. The molecule has 0 saturated carbocycles. The van der Waals surface area contributed by atoms with Crippen molar-refractivity contribution < 1.29 is 14.4 Å². The molecule has 1 aromatic rings. The van der Waals surface area contributed by atoms with E-state index in [1.54, 1.807) is 9.80 Å². The van der Waals surface area contributed by atoms with E-state index in [-0.39, 0.29) is 24.0 Å². The number of carbonyl (C=O) groups excluding carboxylic acids is 3. The number of piperidine rings is 1. The standard InChI is InChI=1S/C22H26N2O3/c1-23-12-5-10-22(21(23)27)11-13-24(15-22)20(26)14-18-17(8-9-19(18)25)16-6-3-2-4-7-16/h2-4,6-7H,5,8-15H2,1H3/t22-/m0/s1. The highest BCUT2D eigenvalue weighted by molar-refractivity contribution is 6.10. The zero-order valence-corrected chi connectivity index (χ0v) is 15.9. The number of rotatable bonds is 3. The van der Waals surface area contributed by atoms with Gasteiger partial charge in [0.2, 0.25) is 11.8 Å². The van der Waals surface area contributed by atoms with Crippen LogP contribution in [0.25, 0.3) is 5.57 Å². The minimum absolute atomic E-state index is 0.0217. The largest absolute Gasteiger partial charge is 0.345 e. The second kappa shape index (κ2) is 6.95. The monoisotopic (exact) mass is 366 g/mol. The SMILES string of the molecule is CN1CCC[C@@]2(CCN(C(=O)CC3=C(c4ccccc4)CCC3=O)C2)C1=O. The number of hydrogen-bond donors (Lipinski definition) is 0. The summed E-state index contributed by atoms with van der Waals surface area (Å²) in [6, 6.07) is 9.87. The predicted molar refractivity (Wildman–Crippen MR) is 103 cm³/mol. The van der Waals surface area contributed by atoms with Gasteiger partial charge in [-0.25, -0.2) is 0 Å². The van der Waals surface area contributed by atoms with Crippen molar-refractivity contribution in [2.24, 2.45) is 5.41 Å². The van der Waals surface area contributed by atoms with Crippen LogP contribution in [-0.2, 0) is 14.4 Å². The third-order valence-corrected chi connectivity index (χ3v) is 6.41. The van der Waals surface area contributed by atoms with Gasteiger partial charge in [-0.05, 0) is 36.8 Å². The van der Waals surface area contributed by atoms with Crippen molar-refractivity contribution in [2.45, 2.75) is 38.5 Å². The normalized spacial score (nSPS) is 25.8. The first-order valence-corrected chi connectivity index (χ1v) is 9.84. The zero-order valence-electron chi connectivity index (χ0n) is 15.9. The van der Waals surface area contributed by atoms with Crippen LogP contribution in [0.3, 0.4) is 0 Å². The Bertz CT molecular complexity index is 814. The van der Waals surface area contributed by atoms with Gasteiger partial charge in [-0.3, -0.25) is 14.4 Å². The lowest BCUT2D eigenvalue weighted by Gasteiger charge is -2.37. The number of benzene rings is 1. The minimum Gasteiger partial charge on any atom is -0.345 e. The Labute approximate surface area is 160 Å². The van der Waals surface area contributed by atoms with E-state index in [4.69, 9.17) is 0 Å². The fraction of sp³-hybridized carbons (Fsp3) is 0.500. The number of nitrogens with zero attached hydrogens (tertiary/aromatic N) is 2. The molecule has 4 rings (SSSR count). The van der Waals surface area contributed by atoms with Crippen molar-refractivity contribution in [3.8, 4) is 0 Å². The van der Waals surface area contributed by atoms with Gasteiger partial charge < -0.3 is 9.80 Å². The van der Waals surface area contributed by atoms with E-state index in [0.717, 1.165) is 36.9 Å². The number of likely N-dealkylation sites (tertiary alicyclic amines) is 2. The summed E-state index contributed by atoms with van der Waals surface area (Å²) in [5.74, 6) is 0.237. The Morgan fingerprint density at radius 3 is 2.63 bits per heavy atom. The van der Waals surface area contributed by atoms with Gasteiger partial charge in [-0.2, -0.15) is 0 Å². The molecule has 1 atom stereocenters. The van der Waals surface area contributed by atoms with Gasteiger partial charge in [-0.1, -0.05) is 30.3 Å². The molecule has 0 bridgehead atoms. The molecule has 27 heavy (non-hydrogen) atoms. The summed E-state index contributed by atoms with van der Waals surface area (Å²) < 4.78 is 0. The summed E-state index contributed by atoms with van der Waals surface area (Å²) in [5, 5.41) is 0. The fourth-order valence-corrected chi connectivity index (χ4v) is 4.87. The summed E-state index contributed by atoms with van der Waals surface area (Å²) in [4.78, 5) is 41.6. The van der Waals surface area contributed by atoms with E-state index >= 15 is 0 Å². The van der Waals surface area contributed by atoms with Crippen molar-refractivity contribution in [3.05, 3.63) is 41.5 Å². The number of Topliss-reactive ketones (excluding diaryl/α,β-unsaturated/α-hetero) is 1. The Hall–Kier alpha value is -2.43. The molecular weight excluding hydrogens is 340 g/mol. The number of allylic oxidation sites excluding steroid dienone is 1. The molecule has 2 aliphatic heterocycles. The summed E-state index contributed by atoms with van der Waals surface area (Å²) in [6.45, 7) is 1.91. The van der Waals surface area contributed by atoms with Gasteiger partial charge in [-0.15, -0.1) is 0 Å². The lowest BCUT2D eigenvalue weighted by atomic mass is 9.78. The highest BCUT2D eigenvalue weighted by atomic mass is 16.2. The fourth-order valence-electron chi connectivity index (χ4n) is 4.87. The maximum absolute atomic E-state index is 13.0. The summed E-state index contributed by atoms with van der Waals surface area (Å²) >= 11 is 0. The van der Waals surface area contributed by atoms with Crippen LogP contribution in [0.4, 0.5) is 0 Å². The molecule has 5 nitrogen and oxygen atoms in total. The van der Waals surface area contributed by atoms with Crippen LogP contribution in [0, 0.1) is 5.41 Å². The first-order valence-electron chi connectivity index (χ1n) is 9.84. The first-order chi connectivity index (χ1) is 13.0. The highest BCUT2D eigenvalue weighted by Gasteiger charge is 2.48. The molecular formula is C22H26N2O3. The van der Waals surface area contributed by atoms with Gasteiger partial charge in [0, 0.05) is 38.7 Å². The lowest BCUT2D eigenvalue weighted by Crippen LogP contribution is -2.48. The van der Waals surface area contributed by atoms with Crippen LogP contribution in [0.1, 0.15) is 44.1 Å². The topological polar surface area (TPSA) is 57.7 Å². The number of hydrogen-bond acceptors (Lipinski definition) is 3. The molecule has 1 aliphatic carbocycles. The molecule has 5 heteroatoms. The van der Waals surface area contributed by atoms with Crippen molar-refractivity contribution in [1.82, 2.24) is 9.80 Å². The number of amides is 2. The van der Waals surface area contributed by atoms with Crippen LogP contribution in [0.5, 0.6) is 0 Å². The summed E-state index contributed by atoms with van der Waals surface area (Å²) in [5.41, 5.74) is 2.31. The quantitative estimate of drug-likeness (QED) is 0.826. The molecule has 0 unspecified atom stereocenters. The Morgan fingerprint density at radius 2 is 1.85 bits per heavy atom. The van der Waals surface area contributed by atoms with Crippen molar-refractivity contribution in [1.29, 1.82) is 0 Å². The predicted octanol–water partition coefficient (Wildman–Crippen LogP) is 2.66. The average molecular weight is 366 g/mol. The molecule has 2 amide bonds. The molecule has 1 aromatic carbocycles. The number of ketones is 1. The first kappa shape index (κ1) is 18.0. The van der Waals surface area contributed by atoms with Crippen LogP contribution >= 0.6 is 0 Å². The summed E-state index contributed by atoms with van der Waals surface area (Å²) in [6.07, 6.45) is 3.94. The summed E-state index contributed by atoms with van der Waals surface area (Å²) in [7, 11) is 1.85. The van der Waals surface area contributed by atoms with Crippen molar-refractivity contribution in [3.63, 3.8) is 0 Å². The van der Waals surface area contributed by atoms with Gasteiger partial charge in [0.1, 0.15) is 0 Å². The van der Waals surface area contributed by atoms with E-state index in [1.165, 1.54) is 0 Å². The second-order valence-corrected chi connectivity index (χ2v) is 8.10. The van der Waals surface area contributed by atoms with E-state index in [9.17, 15) is 14.4 Å². The van der Waals surface area contributed by atoms with Crippen LogP contribution < -0.4 is 0 Å². The molecule has 0 N–H and O–H groups in total. The molecule has 3 aliphatic rings. The molecule has 0 radical (unpaired) electrons. The molecule has 2 saturated heterocycles. The maximum atomic E-state index is 13.0. The smallest absolute Gasteiger partial charge is 0.230 e. The highest BCUT2D eigenvalue weighted by Crippen LogP contribution is 2.40. The van der Waals surface area contributed by atoms with Crippen molar-refractivity contribution in [2.75, 3.05) is 26.7 Å². The van der Waals surface area contributed by atoms with E-state index in [0.29, 0.717) is 31.5 Å². The Morgan fingerprint density at radius 1 is 1.07 bits per heavy atom. The van der Waals surface area contributed by atoms with Gasteiger partial charge in [0.15, 0.2) is 5.78 Å². The third kappa shape index (κ3) is 3.20. The Balaban J connectivity index is 1.51. The lowest BCUT2D eigenvalue weighted by molar-refractivity contribution is -0.144. The molecule has 2 heterocycles. The molecule has 0 aromatic heterocycles. The van der Waals surface area contributed by atoms with Crippen LogP contribution in [-0.4, -0.2) is 54.1 Å². The molecule has 2 fully saturated rings. The van der Waals surface area contributed by atoms with E-state index in [2.05, 4.69) is 0 Å². The van der Waals surface area contributed by atoms with Gasteiger partial charge in [0.25, 0.3) is 0 Å². The molecule has 142 valence electrons. The zero-order chi connectivity index (χ0) is 19.0.